The van der Waals surface area contributed by atoms with Crippen LogP contribution in [0.1, 0.15) is 43.6 Å². The van der Waals surface area contributed by atoms with Crippen LogP contribution in [0, 0.1) is 5.82 Å². The predicted molar refractivity (Wildman–Crippen MR) is 92.2 cm³/mol. The van der Waals surface area contributed by atoms with E-state index >= 15 is 0 Å². The summed E-state index contributed by atoms with van der Waals surface area (Å²) in [4.78, 5) is 17.7. The van der Waals surface area contributed by atoms with E-state index < -0.39 is 5.82 Å². The summed E-state index contributed by atoms with van der Waals surface area (Å²) in [7, 11) is 0. The highest BCUT2D eigenvalue weighted by molar-refractivity contribution is 5.85. The van der Waals surface area contributed by atoms with Crippen molar-refractivity contribution in [3.05, 3.63) is 39.7 Å². The van der Waals surface area contributed by atoms with Crippen molar-refractivity contribution in [1.82, 2.24) is 9.55 Å². The molecule has 1 aromatic heterocycles. The average Bonchev–Trinajstić information content (AvgIpc) is 2.87. The van der Waals surface area contributed by atoms with E-state index in [1.165, 1.54) is 12.1 Å². The second-order valence-electron chi connectivity index (χ2n) is 6.71. The molecule has 0 aliphatic carbocycles. The number of halogens is 2. The molecule has 2 aliphatic heterocycles. The van der Waals surface area contributed by atoms with Crippen LogP contribution in [-0.4, -0.2) is 22.8 Å². The maximum Gasteiger partial charge on any atom is 0.261 e. The normalized spacial score (nSPS) is 20.0. The van der Waals surface area contributed by atoms with Gasteiger partial charge in [0.1, 0.15) is 11.6 Å². The van der Waals surface area contributed by atoms with Crippen LogP contribution in [0.5, 0.6) is 0 Å². The zero-order chi connectivity index (χ0) is 16.2. The van der Waals surface area contributed by atoms with Crippen LogP contribution in [0.4, 0.5) is 4.39 Å². The summed E-state index contributed by atoms with van der Waals surface area (Å²) in [5.74, 6) is 0.384. The molecule has 1 fully saturated rings. The highest BCUT2D eigenvalue weighted by atomic mass is 35.5. The lowest BCUT2D eigenvalue weighted by Crippen LogP contribution is -2.34. The molecule has 2 aliphatic rings. The molecule has 0 amide bonds. The van der Waals surface area contributed by atoms with Crippen molar-refractivity contribution in [2.45, 2.75) is 44.2 Å². The van der Waals surface area contributed by atoms with Gasteiger partial charge in [-0.15, -0.1) is 12.4 Å². The molecule has 24 heavy (non-hydrogen) atoms. The molecule has 4 rings (SSSR count). The minimum absolute atomic E-state index is 0. The molecule has 5 nitrogen and oxygen atoms in total. The summed E-state index contributed by atoms with van der Waals surface area (Å²) in [5, 5.41) is 0.324. The van der Waals surface area contributed by atoms with Crippen LogP contribution < -0.4 is 11.3 Å². The summed E-state index contributed by atoms with van der Waals surface area (Å²) in [6.07, 6.45) is 2.64. The zero-order valence-electron chi connectivity index (χ0n) is 13.5. The number of fused-ring (bicyclic) bond motifs is 3. The number of nitrogens with zero attached hydrogens (tertiary/aromatic N) is 2. The lowest BCUT2D eigenvalue weighted by atomic mass is 9.78. The van der Waals surface area contributed by atoms with Crippen LogP contribution >= 0.6 is 12.4 Å². The van der Waals surface area contributed by atoms with Gasteiger partial charge in [0.15, 0.2) is 0 Å². The molecular weight excluding hydrogens is 333 g/mol. The first-order valence-electron chi connectivity index (χ1n) is 8.10. The maximum absolute atomic E-state index is 13.9. The van der Waals surface area contributed by atoms with Gasteiger partial charge in [-0.25, -0.2) is 9.37 Å². The molecule has 1 spiro atoms. The van der Waals surface area contributed by atoms with E-state index in [-0.39, 0.29) is 29.4 Å². The molecule has 2 N–H and O–H groups in total. The molecule has 1 saturated heterocycles. The molecular formula is C17H21ClFN3O2. The summed E-state index contributed by atoms with van der Waals surface area (Å²) >= 11 is 0. The van der Waals surface area contributed by atoms with Gasteiger partial charge >= 0.3 is 0 Å². The molecule has 0 saturated carbocycles. The summed E-state index contributed by atoms with van der Waals surface area (Å²) in [5.41, 5.74) is 6.87. The van der Waals surface area contributed by atoms with Crippen LogP contribution in [-0.2, 0) is 16.7 Å². The minimum atomic E-state index is -0.442. The van der Waals surface area contributed by atoms with Crippen LogP contribution in [0.25, 0.3) is 10.9 Å². The topological polar surface area (TPSA) is 70.1 Å². The van der Waals surface area contributed by atoms with Crippen molar-refractivity contribution in [1.29, 1.82) is 0 Å². The van der Waals surface area contributed by atoms with Gasteiger partial charge < -0.3 is 10.5 Å². The van der Waals surface area contributed by atoms with Gasteiger partial charge in [0.2, 0.25) is 0 Å². The summed E-state index contributed by atoms with van der Waals surface area (Å²) in [6.45, 7) is 3.81. The third-order valence-corrected chi connectivity index (χ3v) is 5.28. The van der Waals surface area contributed by atoms with Crippen LogP contribution in [0.3, 0.4) is 0 Å². The molecule has 0 radical (unpaired) electrons. The molecule has 0 unspecified atom stereocenters. The van der Waals surface area contributed by atoms with Gasteiger partial charge in [-0.3, -0.25) is 9.36 Å². The first-order valence-corrected chi connectivity index (χ1v) is 8.10. The summed E-state index contributed by atoms with van der Waals surface area (Å²) < 4.78 is 21.1. The van der Waals surface area contributed by atoms with Crippen LogP contribution in [0.2, 0.25) is 0 Å². The number of benzene rings is 1. The second-order valence-corrected chi connectivity index (χ2v) is 6.71. The fourth-order valence-corrected chi connectivity index (χ4v) is 3.95. The molecule has 1 aromatic carbocycles. The summed E-state index contributed by atoms with van der Waals surface area (Å²) in [6, 6.07) is 2.29. The van der Waals surface area contributed by atoms with Gasteiger partial charge in [0, 0.05) is 31.2 Å². The Balaban J connectivity index is 0.00000169. The number of hydrogen-bond acceptors (Lipinski definition) is 4. The van der Waals surface area contributed by atoms with E-state index in [2.05, 4.69) is 0 Å². The third-order valence-electron chi connectivity index (χ3n) is 5.28. The van der Waals surface area contributed by atoms with Gasteiger partial charge in [-0.05, 0) is 43.9 Å². The second kappa shape index (κ2) is 6.10. The lowest BCUT2D eigenvalue weighted by molar-refractivity contribution is 0.0492. The van der Waals surface area contributed by atoms with E-state index in [9.17, 15) is 9.18 Å². The van der Waals surface area contributed by atoms with Gasteiger partial charge in [0.05, 0.1) is 10.9 Å². The van der Waals surface area contributed by atoms with E-state index in [0.717, 1.165) is 25.1 Å². The largest absolute Gasteiger partial charge is 0.381 e. The Kier molecular flexibility index (Phi) is 4.40. The first kappa shape index (κ1) is 17.3. The first-order chi connectivity index (χ1) is 11.0. The van der Waals surface area contributed by atoms with Crippen molar-refractivity contribution in [2.75, 3.05) is 13.2 Å². The van der Waals surface area contributed by atoms with Crippen molar-refractivity contribution in [3.8, 4) is 0 Å². The number of nitrogens with two attached hydrogens (primary N) is 1. The Bertz CT molecular complexity index is 844. The number of aromatic nitrogens is 2. The molecule has 130 valence electrons. The Morgan fingerprint density at radius 2 is 2.04 bits per heavy atom. The molecule has 2 aromatic rings. The lowest BCUT2D eigenvalue weighted by Gasteiger charge is -2.32. The number of ether oxygens (including phenoxy) is 1. The Morgan fingerprint density at radius 1 is 1.33 bits per heavy atom. The predicted octanol–water partition coefficient (Wildman–Crippen LogP) is 2.43. The SMILES string of the molecule is C[C@@H](N)c1cc(F)cc2c(=O)n3c(nc12)C1(CCOCC1)CC3.Cl. The number of hydrogen-bond donors (Lipinski definition) is 1. The van der Waals surface area contributed by atoms with Gasteiger partial charge in [-0.2, -0.15) is 0 Å². The van der Waals surface area contributed by atoms with Crippen LogP contribution in [0.15, 0.2) is 16.9 Å². The molecule has 7 heteroatoms. The average molecular weight is 354 g/mol. The standard InChI is InChI=1S/C17H20FN3O2.ClH/c1-10(19)12-8-11(18)9-13-14(12)20-16-17(3-6-23-7-4-17)2-5-21(16)15(13)22;/h8-10H,2-7,19H2,1H3;1H/t10-;/m1./s1. The zero-order valence-corrected chi connectivity index (χ0v) is 14.4. The monoisotopic (exact) mass is 353 g/mol. The highest BCUT2D eigenvalue weighted by Gasteiger charge is 2.42. The molecule has 0 bridgehead atoms. The molecule has 3 heterocycles. The van der Waals surface area contributed by atoms with E-state index in [4.69, 9.17) is 15.5 Å². The van der Waals surface area contributed by atoms with E-state index in [1.807, 2.05) is 0 Å². The Morgan fingerprint density at radius 3 is 2.71 bits per heavy atom. The highest BCUT2D eigenvalue weighted by Crippen LogP contribution is 2.41. The minimum Gasteiger partial charge on any atom is -0.381 e. The van der Waals surface area contributed by atoms with Gasteiger partial charge in [0.25, 0.3) is 5.56 Å². The fraction of sp³-hybridized carbons (Fsp3) is 0.529. The Hall–Kier alpha value is -1.50. The van der Waals surface area contributed by atoms with E-state index in [1.54, 1.807) is 11.5 Å². The third kappa shape index (κ3) is 2.44. The number of rotatable bonds is 1. The quantitative estimate of drug-likeness (QED) is 0.854. The van der Waals surface area contributed by atoms with Crippen molar-refractivity contribution in [2.24, 2.45) is 5.73 Å². The van der Waals surface area contributed by atoms with E-state index in [0.29, 0.717) is 36.2 Å². The smallest absolute Gasteiger partial charge is 0.261 e. The van der Waals surface area contributed by atoms with Gasteiger partial charge in [-0.1, -0.05) is 0 Å². The van der Waals surface area contributed by atoms with Crippen molar-refractivity contribution in [3.63, 3.8) is 0 Å². The van der Waals surface area contributed by atoms with Crippen molar-refractivity contribution >= 4 is 23.3 Å². The molecule has 1 atom stereocenters. The Labute approximate surface area is 145 Å². The maximum atomic E-state index is 13.9. The van der Waals surface area contributed by atoms with Crippen molar-refractivity contribution < 1.29 is 9.13 Å². The fourth-order valence-electron chi connectivity index (χ4n) is 3.95.